The maximum absolute atomic E-state index is 12.6. The van der Waals surface area contributed by atoms with Gasteiger partial charge in [0.05, 0.1) is 0 Å². The maximum Gasteiger partial charge on any atom is 0.326 e. The van der Waals surface area contributed by atoms with Gasteiger partial charge in [0.15, 0.2) is 11.8 Å². The molecule has 9 nitrogen and oxygen atoms in total. The Kier molecular flexibility index (Phi) is 8.15. The molecule has 174 valence electrons. The fourth-order valence-corrected chi connectivity index (χ4v) is 3.61. The van der Waals surface area contributed by atoms with Crippen LogP contribution in [0.15, 0.2) is 48.5 Å². The van der Waals surface area contributed by atoms with Crippen LogP contribution >= 0.6 is 0 Å². The van der Waals surface area contributed by atoms with Crippen LogP contribution in [-0.4, -0.2) is 54.3 Å². The molecule has 0 aliphatic carbocycles. The normalized spacial score (nSPS) is 15.3. The van der Waals surface area contributed by atoms with Gasteiger partial charge in [0.2, 0.25) is 5.91 Å². The van der Waals surface area contributed by atoms with Crippen LogP contribution < -0.4 is 21.3 Å². The molecule has 2 aromatic rings. The number of aliphatic carboxylic acids is 1. The number of rotatable bonds is 11. The number of amides is 2. The zero-order valence-corrected chi connectivity index (χ0v) is 18.4. The minimum absolute atomic E-state index is 0.0349. The lowest BCUT2D eigenvalue weighted by Crippen LogP contribution is -2.49. The molecule has 9 heteroatoms. The first-order valence-corrected chi connectivity index (χ1v) is 10.9. The van der Waals surface area contributed by atoms with Crippen LogP contribution in [0.2, 0.25) is 0 Å². The van der Waals surface area contributed by atoms with E-state index in [1.807, 2.05) is 7.05 Å². The highest BCUT2D eigenvalue weighted by Gasteiger charge is 2.36. The van der Waals surface area contributed by atoms with Gasteiger partial charge in [0.25, 0.3) is 5.91 Å². The summed E-state index contributed by atoms with van der Waals surface area (Å²) < 4.78 is 0. The number of para-hydroxylation sites is 1. The molecule has 0 saturated heterocycles. The van der Waals surface area contributed by atoms with E-state index in [4.69, 9.17) is 0 Å². The summed E-state index contributed by atoms with van der Waals surface area (Å²) in [6.07, 6.45) is 2.16. The molecule has 1 heterocycles. The van der Waals surface area contributed by atoms with Crippen molar-refractivity contribution in [2.75, 3.05) is 24.2 Å². The molecule has 2 unspecified atom stereocenters. The average molecular weight is 453 g/mol. The number of fused-ring (bicyclic) bond motifs is 1. The predicted molar refractivity (Wildman–Crippen MR) is 124 cm³/mol. The van der Waals surface area contributed by atoms with E-state index in [9.17, 15) is 24.3 Å². The van der Waals surface area contributed by atoms with E-state index >= 15 is 0 Å². The number of hydrogen-bond acceptors (Lipinski definition) is 6. The molecule has 0 radical (unpaired) electrons. The predicted octanol–water partition coefficient (Wildman–Crippen LogP) is 1.80. The largest absolute Gasteiger partial charge is 0.480 e. The molecular weight excluding hydrogens is 424 g/mol. The standard InChI is InChI=1S/C24H28N4O5/c1-25-13-5-4-8-20(29)26-16-11-9-15(10-12-16)14-19(24(32)33)28-23(31)21-22(30)17-6-2-3-7-18(17)27-21/h2-3,6-7,9-12,19,21,25,27H,4-5,8,13-14H2,1H3,(H,26,29)(H,28,31)(H,32,33). The Morgan fingerprint density at radius 1 is 1.06 bits per heavy atom. The van der Waals surface area contributed by atoms with Crippen LogP contribution in [0.25, 0.3) is 0 Å². The lowest BCUT2D eigenvalue weighted by Gasteiger charge is -2.17. The number of carboxylic acids is 1. The van der Waals surface area contributed by atoms with Crippen molar-refractivity contribution >= 4 is 34.9 Å². The number of unbranched alkanes of at least 4 members (excludes halogenated alkanes) is 1. The third-order valence-electron chi connectivity index (χ3n) is 5.39. The van der Waals surface area contributed by atoms with Crippen molar-refractivity contribution in [3.63, 3.8) is 0 Å². The number of ketones is 1. The quantitative estimate of drug-likeness (QED) is 0.259. The second-order valence-electron chi connectivity index (χ2n) is 7.90. The molecule has 0 bridgehead atoms. The Bertz CT molecular complexity index is 1020. The first-order valence-electron chi connectivity index (χ1n) is 10.9. The topological polar surface area (TPSA) is 137 Å². The van der Waals surface area contributed by atoms with Gasteiger partial charge in [-0.25, -0.2) is 4.79 Å². The first-order chi connectivity index (χ1) is 15.9. The highest BCUT2D eigenvalue weighted by Crippen LogP contribution is 2.25. The van der Waals surface area contributed by atoms with E-state index in [-0.39, 0.29) is 12.3 Å². The zero-order chi connectivity index (χ0) is 23.8. The van der Waals surface area contributed by atoms with Crippen molar-refractivity contribution in [3.8, 4) is 0 Å². The molecule has 0 fully saturated rings. The molecule has 2 amide bonds. The molecule has 0 saturated carbocycles. The van der Waals surface area contributed by atoms with Crippen molar-refractivity contribution in [1.82, 2.24) is 10.6 Å². The van der Waals surface area contributed by atoms with Crippen LogP contribution in [0.1, 0.15) is 35.2 Å². The van der Waals surface area contributed by atoms with Crippen LogP contribution in [0.3, 0.4) is 0 Å². The third-order valence-corrected chi connectivity index (χ3v) is 5.39. The number of carbonyl (C=O) groups is 4. The molecule has 2 atom stereocenters. The van der Waals surface area contributed by atoms with Gasteiger partial charge < -0.3 is 26.4 Å². The van der Waals surface area contributed by atoms with Crippen molar-refractivity contribution < 1.29 is 24.3 Å². The summed E-state index contributed by atoms with van der Waals surface area (Å²) in [4.78, 5) is 48.8. The minimum atomic E-state index is -1.21. The van der Waals surface area contributed by atoms with Crippen LogP contribution in [0.4, 0.5) is 11.4 Å². The molecule has 0 spiro atoms. The summed E-state index contributed by atoms with van der Waals surface area (Å²) in [6, 6.07) is 11.2. The fourth-order valence-electron chi connectivity index (χ4n) is 3.61. The van der Waals surface area contributed by atoms with Crippen molar-refractivity contribution in [1.29, 1.82) is 0 Å². The average Bonchev–Trinajstić information content (AvgIpc) is 3.14. The highest BCUT2D eigenvalue weighted by atomic mass is 16.4. The van der Waals surface area contributed by atoms with Gasteiger partial charge >= 0.3 is 5.97 Å². The van der Waals surface area contributed by atoms with E-state index in [2.05, 4.69) is 21.3 Å². The number of Topliss-reactive ketones (excluding diaryl/α,β-unsaturated/α-hetero) is 1. The fraction of sp³-hybridized carbons (Fsp3) is 0.333. The van der Waals surface area contributed by atoms with E-state index in [0.29, 0.717) is 28.9 Å². The van der Waals surface area contributed by atoms with Crippen molar-refractivity contribution in [3.05, 3.63) is 59.7 Å². The summed E-state index contributed by atoms with van der Waals surface area (Å²) in [7, 11) is 1.87. The molecular formula is C24H28N4O5. The van der Waals surface area contributed by atoms with Gasteiger partial charge in [-0.2, -0.15) is 0 Å². The van der Waals surface area contributed by atoms with Gasteiger partial charge in [0.1, 0.15) is 6.04 Å². The Morgan fingerprint density at radius 2 is 1.79 bits per heavy atom. The lowest BCUT2D eigenvalue weighted by molar-refractivity contribution is -0.141. The zero-order valence-electron chi connectivity index (χ0n) is 18.4. The summed E-state index contributed by atoms with van der Waals surface area (Å²) in [5, 5.41) is 20.7. The molecule has 1 aliphatic rings. The maximum atomic E-state index is 12.6. The summed E-state index contributed by atoms with van der Waals surface area (Å²) in [6.45, 7) is 0.862. The summed E-state index contributed by atoms with van der Waals surface area (Å²) in [5.74, 6) is -2.36. The molecule has 3 rings (SSSR count). The molecule has 0 aromatic heterocycles. The second kappa shape index (κ2) is 11.2. The monoisotopic (exact) mass is 452 g/mol. The van der Waals surface area contributed by atoms with Gasteiger partial charge in [0, 0.05) is 29.8 Å². The van der Waals surface area contributed by atoms with Gasteiger partial charge in [-0.05, 0) is 56.3 Å². The van der Waals surface area contributed by atoms with Crippen LogP contribution in [-0.2, 0) is 20.8 Å². The van der Waals surface area contributed by atoms with E-state index in [1.165, 1.54) is 0 Å². The highest BCUT2D eigenvalue weighted by molar-refractivity contribution is 6.21. The lowest BCUT2D eigenvalue weighted by atomic mass is 10.0. The van der Waals surface area contributed by atoms with E-state index in [1.54, 1.807) is 48.5 Å². The first kappa shape index (κ1) is 23.9. The third kappa shape index (κ3) is 6.39. The SMILES string of the molecule is CNCCCCC(=O)Nc1ccc(CC(NC(=O)C2Nc3ccccc3C2=O)C(=O)O)cc1. The minimum Gasteiger partial charge on any atom is -0.480 e. The Labute approximate surface area is 192 Å². The number of carbonyl (C=O) groups excluding carboxylic acids is 3. The smallest absolute Gasteiger partial charge is 0.326 e. The van der Waals surface area contributed by atoms with Gasteiger partial charge in [-0.3, -0.25) is 14.4 Å². The number of nitrogens with one attached hydrogen (secondary N) is 4. The summed E-state index contributed by atoms with van der Waals surface area (Å²) in [5.41, 5.74) is 2.24. The van der Waals surface area contributed by atoms with Crippen molar-refractivity contribution in [2.45, 2.75) is 37.8 Å². The van der Waals surface area contributed by atoms with Gasteiger partial charge in [-0.1, -0.05) is 24.3 Å². The Balaban J connectivity index is 1.55. The summed E-state index contributed by atoms with van der Waals surface area (Å²) >= 11 is 0. The van der Waals surface area contributed by atoms with E-state index < -0.39 is 29.7 Å². The Morgan fingerprint density at radius 3 is 2.45 bits per heavy atom. The van der Waals surface area contributed by atoms with Crippen LogP contribution in [0.5, 0.6) is 0 Å². The van der Waals surface area contributed by atoms with Crippen molar-refractivity contribution in [2.24, 2.45) is 0 Å². The van der Waals surface area contributed by atoms with Gasteiger partial charge in [-0.15, -0.1) is 0 Å². The number of hydrogen-bond donors (Lipinski definition) is 5. The number of benzene rings is 2. The molecule has 33 heavy (non-hydrogen) atoms. The second-order valence-corrected chi connectivity index (χ2v) is 7.90. The molecule has 1 aliphatic heterocycles. The number of carboxylic acid groups (broad SMARTS) is 1. The van der Waals surface area contributed by atoms with E-state index in [0.717, 1.165) is 19.4 Å². The molecule has 2 aromatic carbocycles. The van der Waals surface area contributed by atoms with Crippen LogP contribution in [0, 0.1) is 0 Å². The Hall–Kier alpha value is -3.72. The molecule has 5 N–H and O–H groups in total. The number of anilines is 2.